The summed E-state index contributed by atoms with van der Waals surface area (Å²) in [4.78, 5) is 0.336. The maximum Gasteiger partial charge on any atom is 0.179 e. The number of benzene rings is 1. The third kappa shape index (κ3) is 4.32. The van der Waals surface area contributed by atoms with Gasteiger partial charge in [-0.3, -0.25) is 0 Å². The number of nitrogen functional groups attached to an aromatic ring is 1. The standard InChI is InChI=1S/C12H18BrNO2S/c1-2-3-4-5-8-17(15,16)12-7-6-10(14)9-11(12)13/h6-7,9H,2-5,8,14H2,1H3. The molecule has 5 heteroatoms. The Morgan fingerprint density at radius 3 is 2.53 bits per heavy atom. The molecule has 0 saturated carbocycles. The fourth-order valence-electron chi connectivity index (χ4n) is 1.60. The second kappa shape index (κ2) is 6.40. The Hall–Kier alpha value is -0.550. The number of rotatable bonds is 6. The van der Waals surface area contributed by atoms with Gasteiger partial charge >= 0.3 is 0 Å². The van der Waals surface area contributed by atoms with Crippen molar-refractivity contribution in [2.24, 2.45) is 0 Å². The van der Waals surface area contributed by atoms with E-state index in [9.17, 15) is 8.42 Å². The van der Waals surface area contributed by atoms with Crippen LogP contribution in [-0.4, -0.2) is 14.2 Å². The second-order valence-electron chi connectivity index (χ2n) is 4.07. The molecule has 0 heterocycles. The first-order chi connectivity index (χ1) is 7.97. The number of anilines is 1. The molecule has 0 fully saturated rings. The smallest absolute Gasteiger partial charge is 0.179 e. The third-order valence-electron chi connectivity index (χ3n) is 2.56. The summed E-state index contributed by atoms with van der Waals surface area (Å²) in [6, 6.07) is 4.80. The van der Waals surface area contributed by atoms with Crippen molar-refractivity contribution in [1.29, 1.82) is 0 Å². The Morgan fingerprint density at radius 1 is 1.24 bits per heavy atom. The summed E-state index contributed by atoms with van der Waals surface area (Å²) in [7, 11) is -3.19. The topological polar surface area (TPSA) is 60.2 Å². The van der Waals surface area contributed by atoms with Crippen molar-refractivity contribution in [3.05, 3.63) is 22.7 Å². The fraction of sp³-hybridized carbons (Fsp3) is 0.500. The lowest BCUT2D eigenvalue weighted by Crippen LogP contribution is -2.08. The van der Waals surface area contributed by atoms with Gasteiger partial charge in [0.15, 0.2) is 9.84 Å². The predicted molar refractivity (Wildman–Crippen MR) is 74.7 cm³/mol. The maximum atomic E-state index is 12.1. The lowest BCUT2D eigenvalue weighted by Gasteiger charge is -2.07. The summed E-state index contributed by atoms with van der Waals surface area (Å²) in [5.74, 6) is 0.204. The zero-order valence-corrected chi connectivity index (χ0v) is 12.4. The summed E-state index contributed by atoms with van der Waals surface area (Å²) in [5, 5.41) is 0. The highest BCUT2D eigenvalue weighted by Crippen LogP contribution is 2.25. The van der Waals surface area contributed by atoms with Gasteiger partial charge in [0, 0.05) is 10.2 Å². The van der Waals surface area contributed by atoms with Crippen LogP contribution in [0.25, 0.3) is 0 Å². The van der Waals surface area contributed by atoms with E-state index in [0.29, 0.717) is 21.5 Å². The minimum atomic E-state index is -3.19. The number of hydrogen-bond acceptors (Lipinski definition) is 3. The molecule has 96 valence electrons. The van der Waals surface area contributed by atoms with Crippen LogP contribution >= 0.6 is 15.9 Å². The summed E-state index contributed by atoms with van der Waals surface area (Å²) in [6.07, 6.45) is 3.86. The molecule has 2 N–H and O–H groups in total. The van der Waals surface area contributed by atoms with Crippen LogP contribution < -0.4 is 5.73 Å². The highest BCUT2D eigenvalue weighted by Gasteiger charge is 2.17. The zero-order valence-electron chi connectivity index (χ0n) is 9.95. The Kier molecular flexibility index (Phi) is 5.46. The van der Waals surface area contributed by atoms with Crippen LogP contribution in [0, 0.1) is 0 Å². The zero-order chi connectivity index (χ0) is 12.9. The first-order valence-electron chi connectivity index (χ1n) is 5.75. The van der Waals surface area contributed by atoms with Crippen molar-refractivity contribution >= 4 is 31.5 Å². The molecular weight excluding hydrogens is 302 g/mol. The van der Waals surface area contributed by atoms with E-state index in [1.807, 2.05) is 0 Å². The van der Waals surface area contributed by atoms with Gasteiger partial charge in [-0.1, -0.05) is 26.2 Å². The number of nitrogens with two attached hydrogens (primary N) is 1. The molecule has 17 heavy (non-hydrogen) atoms. The molecule has 3 nitrogen and oxygen atoms in total. The number of unbranched alkanes of at least 4 members (excludes halogenated alkanes) is 3. The second-order valence-corrected chi connectivity index (χ2v) is 7.00. The van der Waals surface area contributed by atoms with E-state index in [1.54, 1.807) is 18.2 Å². The van der Waals surface area contributed by atoms with Crippen molar-refractivity contribution in [3.8, 4) is 0 Å². The number of halogens is 1. The summed E-state index contributed by atoms with van der Waals surface area (Å²) >= 11 is 3.25. The normalized spacial score (nSPS) is 11.6. The Balaban J connectivity index is 2.76. The predicted octanol–water partition coefficient (Wildman–Crippen LogP) is 3.39. The van der Waals surface area contributed by atoms with E-state index >= 15 is 0 Å². The van der Waals surface area contributed by atoms with Crippen LogP contribution in [0.3, 0.4) is 0 Å². The van der Waals surface area contributed by atoms with Crippen LogP contribution in [0.4, 0.5) is 5.69 Å². The van der Waals surface area contributed by atoms with E-state index in [-0.39, 0.29) is 5.75 Å². The molecule has 0 aliphatic heterocycles. The van der Waals surface area contributed by atoms with Gasteiger partial charge in [-0.2, -0.15) is 0 Å². The summed E-state index contributed by atoms with van der Waals surface area (Å²) < 4.78 is 24.7. The maximum absolute atomic E-state index is 12.1. The number of sulfone groups is 1. The van der Waals surface area contributed by atoms with Gasteiger partial charge in [-0.05, 0) is 40.5 Å². The molecule has 0 saturated heterocycles. The number of hydrogen-bond donors (Lipinski definition) is 1. The average Bonchev–Trinajstić information content (AvgIpc) is 2.24. The van der Waals surface area contributed by atoms with E-state index in [2.05, 4.69) is 22.9 Å². The first-order valence-corrected chi connectivity index (χ1v) is 8.19. The Morgan fingerprint density at radius 2 is 1.94 bits per heavy atom. The van der Waals surface area contributed by atoms with Gasteiger partial charge < -0.3 is 5.73 Å². The Labute approximate surface area is 111 Å². The molecule has 1 aromatic carbocycles. The highest BCUT2D eigenvalue weighted by atomic mass is 79.9. The van der Waals surface area contributed by atoms with Crippen molar-refractivity contribution in [2.45, 2.75) is 37.5 Å². The van der Waals surface area contributed by atoms with Crippen molar-refractivity contribution in [1.82, 2.24) is 0 Å². The molecule has 0 bridgehead atoms. The van der Waals surface area contributed by atoms with Gasteiger partial charge in [-0.15, -0.1) is 0 Å². The van der Waals surface area contributed by atoms with E-state index in [4.69, 9.17) is 5.73 Å². The van der Waals surface area contributed by atoms with E-state index in [1.165, 1.54) is 0 Å². The van der Waals surface area contributed by atoms with Gasteiger partial charge in [0.1, 0.15) is 0 Å². The van der Waals surface area contributed by atoms with Crippen LogP contribution in [0.2, 0.25) is 0 Å². The van der Waals surface area contributed by atoms with Crippen molar-refractivity contribution in [3.63, 3.8) is 0 Å². The quantitative estimate of drug-likeness (QED) is 0.645. The van der Waals surface area contributed by atoms with Crippen molar-refractivity contribution in [2.75, 3.05) is 11.5 Å². The summed E-state index contributed by atoms with van der Waals surface area (Å²) in [5.41, 5.74) is 6.14. The van der Waals surface area contributed by atoms with E-state index < -0.39 is 9.84 Å². The van der Waals surface area contributed by atoms with E-state index in [0.717, 1.165) is 19.3 Å². The van der Waals surface area contributed by atoms with Gasteiger partial charge in [0.2, 0.25) is 0 Å². The molecule has 0 amide bonds. The molecule has 0 aliphatic rings. The van der Waals surface area contributed by atoms with Crippen LogP contribution in [0.15, 0.2) is 27.6 Å². The molecule has 0 radical (unpaired) electrons. The van der Waals surface area contributed by atoms with Gasteiger partial charge in [0.25, 0.3) is 0 Å². The molecule has 0 atom stereocenters. The molecule has 1 rings (SSSR count). The lowest BCUT2D eigenvalue weighted by molar-refractivity contribution is 0.588. The minimum Gasteiger partial charge on any atom is -0.399 e. The summed E-state index contributed by atoms with van der Waals surface area (Å²) in [6.45, 7) is 2.10. The Bertz CT molecular complexity index is 471. The monoisotopic (exact) mass is 319 g/mol. The third-order valence-corrected chi connectivity index (χ3v) is 5.33. The SMILES string of the molecule is CCCCCCS(=O)(=O)c1ccc(N)cc1Br. The largest absolute Gasteiger partial charge is 0.399 e. The molecule has 1 aromatic rings. The highest BCUT2D eigenvalue weighted by molar-refractivity contribution is 9.10. The molecule has 0 unspecified atom stereocenters. The average molecular weight is 320 g/mol. The van der Waals surface area contributed by atoms with Crippen molar-refractivity contribution < 1.29 is 8.42 Å². The van der Waals surface area contributed by atoms with Crippen LogP contribution in [0.1, 0.15) is 32.6 Å². The molecule has 0 aromatic heterocycles. The molecule has 0 aliphatic carbocycles. The molecular formula is C12H18BrNO2S. The molecule has 0 spiro atoms. The van der Waals surface area contributed by atoms with Crippen LogP contribution in [0.5, 0.6) is 0 Å². The van der Waals surface area contributed by atoms with Gasteiger partial charge in [0.05, 0.1) is 10.6 Å². The first kappa shape index (κ1) is 14.5. The minimum absolute atomic E-state index is 0.204. The lowest BCUT2D eigenvalue weighted by atomic mass is 10.2. The van der Waals surface area contributed by atoms with Gasteiger partial charge in [-0.25, -0.2) is 8.42 Å². The van der Waals surface area contributed by atoms with Crippen LogP contribution in [-0.2, 0) is 9.84 Å². The fourth-order valence-corrected chi connectivity index (χ4v) is 4.17.